The highest BCUT2D eigenvalue weighted by Crippen LogP contribution is 2.30. The zero-order valence-corrected chi connectivity index (χ0v) is 16.6. The molecule has 1 heterocycles. The Bertz CT molecular complexity index is 752. The Morgan fingerprint density at radius 2 is 2.00 bits per heavy atom. The first-order chi connectivity index (χ1) is 11.9. The minimum absolute atomic E-state index is 0. The van der Waals surface area contributed by atoms with E-state index in [9.17, 15) is 13.2 Å². The number of carbonyl (C=O) groups excluding carboxylic acids is 1. The van der Waals surface area contributed by atoms with Crippen molar-refractivity contribution in [1.82, 2.24) is 10.0 Å². The van der Waals surface area contributed by atoms with Crippen molar-refractivity contribution in [2.45, 2.75) is 49.6 Å². The summed E-state index contributed by atoms with van der Waals surface area (Å²) in [4.78, 5) is 12.5. The number of hydrogen-bond acceptors (Lipinski definition) is 5. The second-order valence-electron chi connectivity index (χ2n) is 6.83. The SMILES string of the molecule is COc1ccc(NC(=O)[C@H]2CCN[C@@H](C)C2)cc1S(=O)(=O)NC1CC1.Cl. The Morgan fingerprint density at radius 1 is 1.27 bits per heavy atom. The molecule has 0 aromatic heterocycles. The Kier molecular flexibility index (Phi) is 6.90. The third kappa shape index (κ3) is 5.09. The summed E-state index contributed by atoms with van der Waals surface area (Å²) in [6, 6.07) is 5.01. The maximum absolute atomic E-state index is 12.5. The van der Waals surface area contributed by atoms with E-state index in [1.54, 1.807) is 12.1 Å². The van der Waals surface area contributed by atoms with Crippen LogP contribution >= 0.6 is 12.4 Å². The molecule has 2 fully saturated rings. The first kappa shape index (κ1) is 21.0. The summed E-state index contributed by atoms with van der Waals surface area (Å²) in [5.41, 5.74) is 0.466. The number of anilines is 1. The first-order valence-electron chi connectivity index (χ1n) is 8.63. The van der Waals surface area contributed by atoms with Gasteiger partial charge in [0.15, 0.2) is 0 Å². The topological polar surface area (TPSA) is 96.5 Å². The van der Waals surface area contributed by atoms with Crippen molar-refractivity contribution in [1.29, 1.82) is 0 Å². The van der Waals surface area contributed by atoms with E-state index in [1.165, 1.54) is 13.2 Å². The van der Waals surface area contributed by atoms with Gasteiger partial charge in [0, 0.05) is 23.7 Å². The molecule has 1 aliphatic heterocycles. The lowest BCUT2D eigenvalue weighted by Crippen LogP contribution is -2.40. The molecule has 1 saturated carbocycles. The van der Waals surface area contributed by atoms with Crippen LogP contribution in [-0.2, 0) is 14.8 Å². The molecule has 0 radical (unpaired) electrons. The average Bonchev–Trinajstić information content (AvgIpc) is 3.38. The maximum atomic E-state index is 12.5. The van der Waals surface area contributed by atoms with Crippen LogP contribution in [0.25, 0.3) is 0 Å². The molecule has 0 unspecified atom stereocenters. The van der Waals surface area contributed by atoms with E-state index in [2.05, 4.69) is 22.3 Å². The fourth-order valence-electron chi connectivity index (χ4n) is 3.06. The predicted molar refractivity (Wildman–Crippen MR) is 102 cm³/mol. The van der Waals surface area contributed by atoms with Gasteiger partial charge in [0.25, 0.3) is 0 Å². The second kappa shape index (κ2) is 8.56. The lowest BCUT2D eigenvalue weighted by Gasteiger charge is -2.27. The molecule has 1 amide bonds. The summed E-state index contributed by atoms with van der Waals surface area (Å²) >= 11 is 0. The molecular weight excluding hydrogens is 378 g/mol. The number of halogens is 1. The van der Waals surface area contributed by atoms with Gasteiger partial charge in [0.1, 0.15) is 10.6 Å². The van der Waals surface area contributed by atoms with E-state index in [1.807, 2.05) is 0 Å². The molecule has 9 heteroatoms. The average molecular weight is 404 g/mol. The molecule has 2 atom stereocenters. The van der Waals surface area contributed by atoms with Gasteiger partial charge in [-0.25, -0.2) is 13.1 Å². The molecule has 26 heavy (non-hydrogen) atoms. The summed E-state index contributed by atoms with van der Waals surface area (Å²) < 4.78 is 32.9. The minimum Gasteiger partial charge on any atom is -0.495 e. The molecule has 1 aromatic rings. The Morgan fingerprint density at radius 3 is 2.62 bits per heavy atom. The maximum Gasteiger partial charge on any atom is 0.244 e. The van der Waals surface area contributed by atoms with Crippen LogP contribution in [0.15, 0.2) is 23.1 Å². The van der Waals surface area contributed by atoms with Crippen molar-refractivity contribution in [3.63, 3.8) is 0 Å². The lowest BCUT2D eigenvalue weighted by molar-refractivity contribution is -0.120. The molecule has 3 rings (SSSR count). The van der Waals surface area contributed by atoms with Gasteiger partial charge in [0.05, 0.1) is 7.11 Å². The summed E-state index contributed by atoms with van der Waals surface area (Å²) in [5.74, 6) is 0.127. The van der Waals surface area contributed by atoms with Crippen LogP contribution in [0, 0.1) is 5.92 Å². The van der Waals surface area contributed by atoms with E-state index in [-0.39, 0.29) is 40.9 Å². The van der Waals surface area contributed by atoms with Gasteiger partial charge < -0.3 is 15.4 Å². The van der Waals surface area contributed by atoms with Gasteiger partial charge in [-0.3, -0.25) is 4.79 Å². The van der Waals surface area contributed by atoms with Crippen molar-refractivity contribution in [3.05, 3.63) is 18.2 Å². The van der Waals surface area contributed by atoms with Crippen LogP contribution in [0.5, 0.6) is 5.75 Å². The van der Waals surface area contributed by atoms with Gasteiger partial charge in [-0.1, -0.05) is 0 Å². The molecule has 2 aliphatic rings. The number of sulfonamides is 1. The van der Waals surface area contributed by atoms with Crippen LogP contribution < -0.4 is 20.1 Å². The lowest BCUT2D eigenvalue weighted by atomic mass is 9.92. The van der Waals surface area contributed by atoms with Crippen LogP contribution in [0.2, 0.25) is 0 Å². The number of methoxy groups -OCH3 is 1. The number of benzene rings is 1. The summed E-state index contributed by atoms with van der Waals surface area (Å²) in [5, 5.41) is 6.17. The standard InChI is InChI=1S/C17H25N3O4S.ClH/c1-11-9-12(7-8-18-11)17(21)19-14-5-6-15(24-2)16(10-14)25(22,23)20-13-3-4-13;/h5-6,10-13,18,20H,3-4,7-9H2,1-2H3,(H,19,21);1H/t11-,12-;/m0./s1. The van der Waals surface area contributed by atoms with Gasteiger partial charge in [-0.05, 0) is 57.4 Å². The number of amides is 1. The Hall–Kier alpha value is -1.35. The molecular formula is C17H26ClN3O4S. The van der Waals surface area contributed by atoms with Gasteiger partial charge in [0.2, 0.25) is 15.9 Å². The Labute approximate surface area is 160 Å². The number of rotatable bonds is 6. The third-order valence-electron chi connectivity index (χ3n) is 4.61. The normalized spacial score (nSPS) is 23.0. The van der Waals surface area contributed by atoms with E-state index < -0.39 is 10.0 Å². The number of ether oxygens (including phenoxy) is 1. The van der Waals surface area contributed by atoms with E-state index in [0.29, 0.717) is 11.7 Å². The molecule has 1 saturated heterocycles. The van der Waals surface area contributed by atoms with Crippen LogP contribution in [0.4, 0.5) is 5.69 Å². The zero-order chi connectivity index (χ0) is 18.0. The van der Waals surface area contributed by atoms with Crippen molar-refractivity contribution >= 4 is 34.0 Å². The summed E-state index contributed by atoms with van der Waals surface area (Å²) in [7, 11) is -2.24. The van der Waals surface area contributed by atoms with E-state index in [0.717, 1.165) is 32.2 Å². The number of carbonyl (C=O) groups is 1. The second-order valence-corrected chi connectivity index (χ2v) is 8.51. The molecule has 0 bridgehead atoms. The van der Waals surface area contributed by atoms with Crippen molar-refractivity contribution in [2.24, 2.45) is 5.92 Å². The minimum atomic E-state index is -3.67. The molecule has 1 aromatic carbocycles. The van der Waals surface area contributed by atoms with Crippen molar-refractivity contribution < 1.29 is 17.9 Å². The Balaban J connectivity index is 0.00000243. The smallest absolute Gasteiger partial charge is 0.244 e. The molecule has 0 spiro atoms. The fourth-order valence-corrected chi connectivity index (χ4v) is 4.56. The highest BCUT2D eigenvalue weighted by Gasteiger charge is 2.30. The monoisotopic (exact) mass is 403 g/mol. The molecule has 7 nitrogen and oxygen atoms in total. The van der Waals surface area contributed by atoms with Gasteiger partial charge in [-0.2, -0.15) is 0 Å². The molecule has 3 N–H and O–H groups in total. The number of nitrogens with one attached hydrogen (secondary N) is 3. The van der Waals surface area contributed by atoms with Crippen LogP contribution in [-0.4, -0.2) is 40.1 Å². The molecule has 1 aliphatic carbocycles. The quantitative estimate of drug-likeness (QED) is 0.674. The number of piperidine rings is 1. The van der Waals surface area contributed by atoms with Gasteiger partial charge in [-0.15, -0.1) is 12.4 Å². The third-order valence-corrected chi connectivity index (χ3v) is 6.16. The summed E-state index contributed by atoms with van der Waals surface area (Å²) in [6.45, 7) is 2.87. The van der Waals surface area contributed by atoms with Gasteiger partial charge >= 0.3 is 0 Å². The van der Waals surface area contributed by atoms with Crippen molar-refractivity contribution in [3.8, 4) is 5.75 Å². The largest absolute Gasteiger partial charge is 0.495 e. The fraction of sp³-hybridized carbons (Fsp3) is 0.588. The molecule has 146 valence electrons. The highest BCUT2D eigenvalue weighted by molar-refractivity contribution is 7.89. The van der Waals surface area contributed by atoms with Crippen molar-refractivity contribution in [2.75, 3.05) is 19.0 Å². The first-order valence-corrected chi connectivity index (χ1v) is 10.1. The highest BCUT2D eigenvalue weighted by atomic mass is 35.5. The zero-order valence-electron chi connectivity index (χ0n) is 14.9. The van der Waals surface area contributed by atoms with Crippen LogP contribution in [0.3, 0.4) is 0 Å². The predicted octanol–water partition coefficient (Wildman–Crippen LogP) is 1.88. The van der Waals surface area contributed by atoms with Crippen LogP contribution in [0.1, 0.15) is 32.6 Å². The summed E-state index contributed by atoms with van der Waals surface area (Å²) in [6.07, 6.45) is 3.26. The van der Waals surface area contributed by atoms with E-state index in [4.69, 9.17) is 4.74 Å². The van der Waals surface area contributed by atoms with E-state index >= 15 is 0 Å². The number of hydrogen-bond donors (Lipinski definition) is 3.